The molecular formula is C35H36P2S. The van der Waals surface area contributed by atoms with Crippen LogP contribution in [0.4, 0.5) is 0 Å². The summed E-state index contributed by atoms with van der Waals surface area (Å²) < 4.78 is 0. The first-order chi connectivity index (χ1) is 18.3. The number of hydrogen-bond acceptors (Lipinski definition) is 1. The molecule has 0 saturated carbocycles. The third-order valence-corrected chi connectivity index (χ3v) is 13.7. The fourth-order valence-corrected chi connectivity index (χ4v) is 11.9. The molecule has 0 aliphatic carbocycles. The maximum atomic E-state index is 2.49. The minimum atomic E-state index is -0.707. The van der Waals surface area contributed by atoms with Crippen molar-refractivity contribution in [1.82, 2.24) is 0 Å². The molecule has 0 spiro atoms. The minimum absolute atomic E-state index is 0.470. The summed E-state index contributed by atoms with van der Waals surface area (Å²) in [6, 6.07) is 37.1. The zero-order chi connectivity index (χ0) is 26.8. The lowest BCUT2D eigenvalue weighted by molar-refractivity contribution is 0.896. The van der Waals surface area contributed by atoms with E-state index in [2.05, 4.69) is 144 Å². The van der Waals surface area contributed by atoms with Gasteiger partial charge in [0.2, 0.25) is 0 Å². The molecule has 1 heterocycles. The van der Waals surface area contributed by atoms with Crippen LogP contribution in [0.15, 0.2) is 102 Å². The van der Waals surface area contributed by atoms with Gasteiger partial charge < -0.3 is 0 Å². The summed E-state index contributed by atoms with van der Waals surface area (Å²) in [6.45, 7) is 13.4. The van der Waals surface area contributed by atoms with Gasteiger partial charge >= 0.3 is 0 Å². The number of benzene rings is 4. The van der Waals surface area contributed by atoms with Gasteiger partial charge in [-0.3, -0.25) is 0 Å². The molecule has 5 rings (SSSR count). The van der Waals surface area contributed by atoms with Gasteiger partial charge in [-0.25, -0.2) is 0 Å². The normalized spacial score (nSPS) is 11.6. The second kappa shape index (κ2) is 11.7. The molecule has 0 N–H and O–H groups in total. The standard InChI is InChI=1S/C35H36P2S/c1-24(2)35-34(37(31-19-11-27(5)12-20-31)32-21-13-28(6)14-22-32)33(23-38-35)36(29-15-7-25(3)8-16-29)30-17-9-26(4)10-18-30/h7-24H,1-6H3. The van der Waals surface area contributed by atoms with Crippen LogP contribution < -0.4 is 31.8 Å². The molecule has 4 aromatic carbocycles. The van der Waals surface area contributed by atoms with Gasteiger partial charge in [-0.2, -0.15) is 0 Å². The number of aryl methyl sites for hydroxylation is 4. The van der Waals surface area contributed by atoms with Crippen molar-refractivity contribution in [3.8, 4) is 0 Å². The van der Waals surface area contributed by atoms with Crippen molar-refractivity contribution in [2.24, 2.45) is 0 Å². The molecule has 0 atom stereocenters. The maximum Gasteiger partial charge on any atom is 0.0161 e. The lowest BCUT2D eigenvalue weighted by atomic mass is 10.2. The lowest BCUT2D eigenvalue weighted by Gasteiger charge is -2.27. The van der Waals surface area contributed by atoms with E-state index >= 15 is 0 Å². The van der Waals surface area contributed by atoms with Gasteiger partial charge in [0.15, 0.2) is 0 Å². The molecule has 192 valence electrons. The molecule has 0 fully saturated rings. The van der Waals surface area contributed by atoms with Crippen LogP contribution in [0.5, 0.6) is 0 Å². The van der Waals surface area contributed by atoms with E-state index in [9.17, 15) is 0 Å². The highest BCUT2D eigenvalue weighted by atomic mass is 32.1. The Kier molecular flexibility index (Phi) is 8.30. The fraction of sp³-hybridized carbons (Fsp3) is 0.200. The van der Waals surface area contributed by atoms with E-state index < -0.39 is 15.8 Å². The molecule has 0 aliphatic rings. The second-order valence-corrected chi connectivity index (χ2v) is 15.7. The zero-order valence-electron chi connectivity index (χ0n) is 23.2. The van der Waals surface area contributed by atoms with E-state index in [1.165, 1.54) is 53.7 Å². The van der Waals surface area contributed by atoms with Crippen LogP contribution in [0.3, 0.4) is 0 Å². The Hall–Kier alpha value is -2.56. The van der Waals surface area contributed by atoms with Gasteiger partial charge in [-0.15, -0.1) is 11.3 Å². The average molecular weight is 551 g/mol. The van der Waals surface area contributed by atoms with E-state index in [0.717, 1.165) is 0 Å². The second-order valence-electron chi connectivity index (χ2n) is 10.5. The molecule has 0 saturated heterocycles. The molecule has 0 radical (unpaired) electrons. The van der Waals surface area contributed by atoms with Gasteiger partial charge in [-0.05, 0) is 70.7 Å². The maximum absolute atomic E-state index is 2.49. The van der Waals surface area contributed by atoms with Crippen LogP contribution in [-0.2, 0) is 0 Å². The zero-order valence-corrected chi connectivity index (χ0v) is 25.8. The molecule has 0 nitrogen and oxygen atoms in total. The molecule has 0 unspecified atom stereocenters. The number of hydrogen-bond donors (Lipinski definition) is 0. The van der Waals surface area contributed by atoms with Gasteiger partial charge in [0.05, 0.1) is 0 Å². The predicted octanol–water partition coefficient (Wildman–Crippen LogP) is 7.62. The Morgan fingerprint density at radius 2 is 0.789 bits per heavy atom. The first kappa shape index (κ1) is 27.0. The smallest absolute Gasteiger partial charge is 0.0161 e. The van der Waals surface area contributed by atoms with Crippen LogP contribution in [0.1, 0.15) is 46.9 Å². The average Bonchev–Trinajstić information content (AvgIpc) is 3.33. The SMILES string of the molecule is Cc1ccc(P(c2ccc(C)cc2)c2csc(C(C)C)c2P(c2ccc(C)cc2)c2ccc(C)cc2)cc1. The molecule has 38 heavy (non-hydrogen) atoms. The van der Waals surface area contributed by atoms with Gasteiger partial charge in [0.25, 0.3) is 0 Å². The van der Waals surface area contributed by atoms with Gasteiger partial charge in [0, 0.05) is 20.9 Å². The van der Waals surface area contributed by atoms with Crippen LogP contribution >= 0.6 is 27.2 Å². The Balaban J connectivity index is 1.80. The summed E-state index contributed by atoms with van der Waals surface area (Å²) in [4.78, 5) is 1.53. The van der Waals surface area contributed by atoms with Crippen molar-refractivity contribution in [3.05, 3.63) is 130 Å². The summed E-state index contributed by atoms with van der Waals surface area (Å²) in [5.74, 6) is 0.470. The summed E-state index contributed by atoms with van der Waals surface area (Å²) in [7, 11) is -1.40. The molecular weight excluding hydrogens is 514 g/mol. The Labute approximate surface area is 235 Å². The Morgan fingerprint density at radius 3 is 1.11 bits per heavy atom. The van der Waals surface area contributed by atoms with E-state index in [1.54, 1.807) is 5.30 Å². The molecule has 5 aromatic rings. The van der Waals surface area contributed by atoms with E-state index in [4.69, 9.17) is 0 Å². The quantitative estimate of drug-likeness (QED) is 0.183. The predicted molar refractivity (Wildman–Crippen MR) is 175 cm³/mol. The van der Waals surface area contributed by atoms with Crippen molar-refractivity contribution in [3.63, 3.8) is 0 Å². The third kappa shape index (κ3) is 5.72. The van der Waals surface area contributed by atoms with Gasteiger partial charge in [0.1, 0.15) is 0 Å². The van der Waals surface area contributed by atoms with E-state index in [1.807, 2.05) is 11.3 Å². The summed E-state index contributed by atoms with van der Waals surface area (Å²) in [5, 5.41) is 11.3. The highest BCUT2D eigenvalue weighted by molar-refractivity contribution is 7.86. The highest BCUT2D eigenvalue weighted by Crippen LogP contribution is 2.43. The molecule has 0 aliphatic heterocycles. The van der Waals surface area contributed by atoms with Crippen LogP contribution in [0.25, 0.3) is 0 Å². The topological polar surface area (TPSA) is 0 Å². The first-order valence-electron chi connectivity index (χ1n) is 13.3. The summed E-state index contributed by atoms with van der Waals surface area (Å²) in [5.41, 5.74) is 5.23. The monoisotopic (exact) mass is 550 g/mol. The fourth-order valence-electron chi connectivity index (χ4n) is 4.76. The Bertz CT molecular complexity index is 1400. The third-order valence-electron chi connectivity index (χ3n) is 6.93. The van der Waals surface area contributed by atoms with Crippen LogP contribution in [0, 0.1) is 27.7 Å². The van der Waals surface area contributed by atoms with E-state index in [-0.39, 0.29) is 0 Å². The summed E-state index contributed by atoms with van der Waals surface area (Å²) in [6.07, 6.45) is 0. The minimum Gasteiger partial charge on any atom is -0.147 e. The largest absolute Gasteiger partial charge is 0.147 e. The van der Waals surface area contributed by atoms with E-state index in [0.29, 0.717) is 5.92 Å². The molecule has 0 amide bonds. The van der Waals surface area contributed by atoms with Crippen molar-refractivity contribution >= 4 is 59.0 Å². The van der Waals surface area contributed by atoms with Crippen LogP contribution in [0.2, 0.25) is 0 Å². The lowest BCUT2D eigenvalue weighted by Crippen LogP contribution is -2.34. The first-order valence-corrected chi connectivity index (χ1v) is 16.9. The van der Waals surface area contributed by atoms with Crippen molar-refractivity contribution in [1.29, 1.82) is 0 Å². The number of rotatable bonds is 7. The Morgan fingerprint density at radius 1 is 0.474 bits per heavy atom. The van der Waals surface area contributed by atoms with Crippen molar-refractivity contribution < 1.29 is 0 Å². The van der Waals surface area contributed by atoms with Crippen molar-refractivity contribution in [2.75, 3.05) is 0 Å². The van der Waals surface area contributed by atoms with Crippen LogP contribution in [-0.4, -0.2) is 0 Å². The molecule has 0 bridgehead atoms. The number of thiophene rings is 1. The molecule has 3 heteroatoms. The molecule has 1 aromatic heterocycles. The highest BCUT2D eigenvalue weighted by Gasteiger charge is 2.30. The van der Waals surface area contributed by atoms with Crippen molar-refractivity contribution in [2.45, 2.75) is 47.5 Å². The summed E-state index contributed by atoms with van der Waals surface area (Å²) >= 11 is 1.96. The van der Waals surface area contributed by atoms with Gasteiger partial charge in [-0.1, -0.05) is 133 Å².